The first-order valence-electron chi connectivity index (χ1n) is 5.49. The Morgan fingerprint density at radius 3 is 2.77 bits per heavy atom. The van der Waals surface area contributed by atoms with Crippen LogP contribution in [-0.4, -0.2) is 12.6 Å². The molecule has 0 saturated heterocycles. The van der Waals surface area contributed by atoms with Gasteiger partial charge in [-0.05, 0) is 49.4 Å². The van der Waals surface area contributed by atoms with E-state index in [1.165, 1.54) is 25.7 Å². The molecule has 13 heavy (non-hydrogen) atoms. The molecule has 3 fully saturated rings. The van der Waals surface area contributed by atoms with E-state index in [4.69, 9.17) is 4.74 Å². The van der Waals surface area contributed by atoms with E-state index < -0.39 is 0 Å². The lowest BCUT2D eigenvalue weighted by atomic mass is 9.80. The maximum Gasteiger partial charge on any atom is 0.293 e. The first-order chi connectivity index (χ1) is 6.40. The maximum absolute atomic E-state index is 10.3. The second-order valence-electron chi connectivity index (χ2n) is 4.92. The number of rotatable bonds is 2. The largest absolute Gasteiger partial charge is 0.464 e. The van der Waals surface area contributed by atoms with E-state index in [1.807, 2.05) is 0 Å². The number of fused-ring (bicyclic) bond motifs is 5. The van der Waals surface area contributed by atoms with Crippen LogP contribution in [0.4, 0.5) is 0 Å². The molecule has 2 bridgehead atoms. The van der Waals surface area contributed by atoms with Gasteiger partial charge in [-0.2, -0.15) is 0 Å². The van der Waals surface area contributed by atoms with Gasteiger partial charge in [0.05, 0.1) is 0 Å². The highest BCUT2D eigenvalue weighted by atomic mass is 16.5. The van der Waals surface area contributed by atoms with Gasteiger partial charge >= 0.3 is 0 Å². The average molecular weight is 180 g/mol. The van der Waals surface area contributed by atoms with Crippen molar-refractivity contribution in [1.29, 1.82) is 0 Å². The van der Waals surface area contributed by atoms with Crippen LogP contribution >= 0.6 is 0 Å². The quantitative estimate of drug-likeness (QED) is 0.607. The molecular formula is C11H16O2. The van der Waals surface area contributed by atoms with Gasteiger partial charge in [0.1, 0.15) is 6.10 Å². The first kappa shape index (κ1) is 7.84. The number of hydrogen-bond donors (Lipinski definition) is 0. The van der Waals surface area contributed by atoms with Crippen LogP contribution in [0.1, 0.15) is 32.1 Å². The van der Waals surface area contributed by atoms with Crippen LogP contribution in [0.3, 0.4) is 0 Å². The van der Waals surface area contributed by atoms with Crippen molar-refractivity contribution < 1.29 is 9.53 Å². The second kappa shape index (κ2) is 2.73. The van der Waals surface area contributed by atoms with Gasteiger partial charge in [-0.15, -0.1) is 0 Å². The highest BCUT2D eigenvalue weighted by Crippen LogP contribution is 2.59. The summed E-state index contributed by atoms with van der Waals surface area (Å²) in [7, 11) is 0. The lowest BCUT2D eigenvalue weighted by molar-refractivity contribution is -0.137. The third kappa shape index (κ3) is 0.976. The van der Waals surface area contributed by atoms with Crippen LogP contribution in [0.15, 0.2) is 0 Å². The molecule has 2 heteroatoms. The summed E-state index contributed by atoms with van der Waals surface area (Å²) in [5, 5.41) is 0. The van der Waals surface area contributed by atoms with Crippen molar-refractivity contribution in [2.45, 2.75) is 38.2 Å². The van der Waals surface area contributed by atoms with Crippen LogP contribution in [0.5, 0.6) is 0 Å². The molecular weight excluding hydrogens is 164 g/mol. The lowest BCUT2D eigenvalue weighted by Crippen LogP contribution is -2.29. The van der Waals surface area contributed by atoms with Gasteiger partial charge in [-0.1, -0.05) is 6.42 Å². The number of ether oxygens (including phenoxy) is 1. The minimum absolute atomic E-state index is 0.279. The Kier molecular flexibility index (Phi) is 1.64. The summed E-state index contributed by atoms with van der Waals surface area (Å²) < 4.78 is 5.16. The van der Waals surface area contributed by atoms with E-state index in [0.29, 0.717) is 6.47 Å². The highest BCUT2D eigenvalue weighted by Gasteiger charge is 2.54. The Labute approximate surface area is 78.6 Å². The van der Waals surface area contributed by atoms with E-state index in [1.54, 1.807) is 0 Å². The summed E-state index contributed by atoms with van der Waals surface area (Å²) in [6.45, 7) is 0.648. The van der Waals surface area contributed by atoms with Crippen molar-refractivity contribution in [3.8, 4) is 0 Å². The van der Waals surface area contributed by atoms with Gasteiger partial charge in [0, 0.05) is 0 Å². The third-order valence-electron chi connectivity index (χ3n) is 4.60. The summed E-state index contributed by atoms with van der Waals surface area (Å²) in [6.07, 6.45) is 7.03. The topological polar surface area (TPSA) is 26.3 Å². The third-order valence-corrected chi connectivity index (χ3v) is 4.60. The van der Waals surface area contributed by atoms with Crippen LogP contribution in [0, 0.1) is 23.7 Å². The van der Waals surface area contributed by atoms with Crippen LogP contribution in [0.25, 0.3) is 0 Å². The maximum atomic E-state index is 10.3. The van der Waals surface area contributed by atoms with E-state index in [2.05, 4.69) is 0 Å². The van der Waals surface area contributed by atoms with E-state index in [-0.39, 0.29) is 6.10 Å². The monoisotopic (exact) mass is 180 g/mol. The van der Waals surface area contributed by atoms with Gasteiger partial charge < -0.3 is 4.74 Å². The summed E-state index contributed by atoms with van der Waals surface area (Å²) in [4.78, 5) is 10.3. The molecule has 5 atom stereocenters. The van der Waals surface area contributed by atoms with Crippen molar-refractivity contribution in [3.63, 3.8) is 0 Å². The summed E-state index contributed by atoms with van der Waals surface area (Å²) in [6, 6.07) is 0. The Balaban J connectivity index is 1.77. The molecule has 0 amide bonds. The molecule has 2 nitrogen and oxygen atoms in total. The molecule has 0 aliphatic heterocycles. The minimum Gasteiger partial charge on any atom is -0.464 e. The van der Waals surface area contributed by atoms with Gasteiger partial charge in [0.2, 0.25) is 0 Å². The molecule has 0 aromatic carbocycles. The summed E-state index contributed by atoms with van der Waals surface area (Å²) in [5.74, 6) is 3.52. The van der Waals surface area contributed by atoms with E-state index >= 15 is 0 Å². The van der Waals surface area contributed by atoms with Gasteiger partial charge in [0.25, 0.3) is 6.47 Å². The Morgan fingerprint density at radius 2 is 1.92 bits per heavy atom. The fraction of sp³-hybridized carbons (Fsp3) is 0.909. The first-order valence-corrected chi connectivity index (χ1v) is 5.49. The Morgan fingerprint density at radius 1 is 1.08 bits per heavy atom. The fourth-order valence-corrected chi connectivity index (χ4v) is 4.23. The zero-order valence-corrected chi connectivity index (χ0v) is 7.82. The SMILES string of the molecule is O=CO[C@@H]1C[C@H]2C[C@H]1[C@H]1CCC[C@H]21. The molecule has 3 aliphatic rings. The van der Waals surface area contributed by atoms with Crippen LogP contribution in [0.2, 0.25) is 0 Å². The standard InChI is InChI=1S/C11H16O2/c12-6-13-11-5-7-4-10(11)9-3-1-2-8(7)9/h6-11H,1-5H2/t7-,8-,9+,10+,11-/m1/s1. The van der Waals surface area contributed by atoms with Crippen LogP contribution < -0.4 is 0 Å². The molecule has 0 unspecified atom stereocenters. The number of hydrogen-bond acceptors (Lipinski definition) is 2. The molecule has 3 aliphatic carbocycles. The Hall–Kier alpha value is -0.530. The van der Waals surface area contributed by atoms with Crippen molar-refractivity contribution in [2.24, 2.45) is 23.7 Å². The normalized spacial score (nSPS) is 52.2. The Bertz CT molecular complexity index is 226. The van der Waals surface area contributed by atoms with Gasteiger partial charge in [-0.25, -0.2) is 0 Å². The molecule has 3 saturated carbocycles. The molecule has 0 aromatic rings. The van der Waals surface area contributed by atoms with Crippen molar-refractivity contribution in [1.82, 2.24) is 0 Å². The van der Waals surface area contributed by atoms with Crippen LogP contribution in [-0.2, 0) is 9.53 Å². The smallest absolute Gasteiger partial charge is 0.293 e. The van der Waals surface area contributed by atoms with Crippen molar-refractivity contribution >= 4 is 6.47 Å². The van der Waals surface area contributed by atoms with Crippen molar-refractivity contribution in [3.05, 3.63) is 0 Å². The highest BCUT2D eigenvalue weighted by molar-refractivity contribution is 5.38. The van der Waals surface area contributed by atoms with Gasteiger partial charge in [0.15, 0.2) is 0 Å². The fourth-order valence-electron chi connectivity index (χ4n) is 4.23. The lowest BCUT2D eigenvalue weighted by Gasteiger charge is -2.30. The molecule has 0 heterocycles. The molecule has 0 aromatic heterocycles. The molecule has 0 spiro atoms. The zero-order valence-electron chi connectivity index (χ0n) is 7.82. The molecule has 0 N–H and O–H groups in total. The second-order valence-corrected chi connectivity index (χ2v) is 4.92. The van der Waals surface area contributed by atoms with E-state index in [0.717, 1.165) is 30.1 Å². The summed E-state index contributed by atoms with van der Waals surface area (Å²) in [5.41, 5.74) is 0. The van der Waals surface area contributed by atoms with Crippen molar-refractivity contribution in [2.75, 3.05) is 0 Å². The summed E-state index contributed by atoms with van der Waals surface area (Å²) >= 11 is 0. The number of carbonyl (C=O) groups excluding carboxylic acids is 1. The molecule has 3 rings (SSSR count). The molecule has 72 valence electrons. The average Bonchev–Trinajstić information content (AvgIpc) is 2.72. The predicted octanol–water partition coefficient (Wildman–Crippen LogP) is 1.98. The zero-order chi connectivity index (χ0) is 8.84. The van der Waals surface area contributed by atoms with Gasteiger partial charge in [-0.3, -0.25) is 4.79 Å². The minimum atomic E-state index is 0.279. The number of carbonyl (C=O) groups is 1. The predicted molar refractivity (Wildman–Crippen MR) is 48.0 cm³/mol. The van der Waals surface area contributed by atoms with E-state index in [9.17, 15) is 4.79 Å². The molecule has 0 radical (unpaired) electrons.